The highest BCUT2D eigenvalue weighted by Gasteiger charge is 2.43. The summed E-state index contributed by atoms with van der Waals surface area (Å²) in [7, 11) is -4.76. The molecule has 8 nitrogen and oxygen atoms in total. The molecule has 5 rings (SSSR count). The molecule has 0 saturated heterocycles. The Morgan fingerprint density at radius 1 is 0.842 bits per heavy atom. The molecule has 0 bridgehead atoms. The maximum absolute atomic E-state index is 13.3. The van der Waals surface area contributed by atoms with Gasteiger partial charge in [-0.1, -0.05) is 74.5 Å². The van der Waals surface area contributed by atoms with Gasteiger partial charge in [-0.15, -0.1) is 0 Å². The number of fused-ring (bicyclic) bond motifs is 2. The molecule has 4 N–H and O–H groups in total. The van der Waals surface area contributed by atoms with E-state index in [4.69, 9.17) is 10.5 Å². The van der Waals surface area contributed by atoms with Gasteiger partial charge < -0.3 is 15.6 Å². The number of phenolic OH excluding ortho intramolecular Hbond substituents is 1. The number of anilines is 1. The molecule has 0 saturated carbocycles. The lowest BCUT2D eigenvalue weighted by atomic mass is 9.71. The van der Waals surface area contributed by atoms with Crippen molar-refractivity contribution in [3.63, 3.8) is 0 Å². The zero-order valence-electron chi connectivity index (χ0n) is 20.6. The molecule has 0 aliphatic heterocycles. The standard InChI is InChI=1S/C29H25NO7S/c1-29(2,16-8-4-3-5-9-16)17-12-13-21(23(14-17)38(34,35)36)37-22-15-20(31)24-25(26(22)30)28(33)19-11-7-6-10-18(19)27(24)32/h3-15,18-19,31H,30H2,1-2H3,(H,34,35,36)/t18-,19-/m0/s1. The van der Waals surface area contributed by atoms with Crippen molar-refractivity contribution in [2.45, 2.75) is 24.2 Å². The number of nitrogen functional groups attached to an aromatic ring is 1. The predicted octanol–water partition coefficient (Wildman–Crippen LogP) is 5.08. The van der Waals surface area contributed by atoms with Gasteiger partial charge in [-0.2, -0.15) is 8.42 Å². The van der Waals surface area contributed by atoms with Gasteiger partial charge in [0.05, 0.1) is 28.7 Å². The largest absolute Gasteiger partial charge is 0.507 e. The van der Waals surface area contributed by atoms with E-state index in [1.165, 1.54) is 12.1 Å². The maximum Gasteiger partial charge on any atom is 0.298 e. The van der Waals surface area contributed by atoms with E-state index in [0.717, 1.165) is 11.6 Å². The first-order valence-corrected chi connectivity index (χ1v) is 13.3. The summed E-state index contributed by atoms with van der Waals surface area (Å²) >= 11 is 0. The minimum absolute atomic E-state index is 0.179. The molecule has 0 amide bonds. The fourth-order valence-electron chi connectivity index (χ4n) is 5.01. The molecular formula is C29H25NO7S. The summed E-state index contributed by atoms with van der Waals surface area (Å²) in [5.74, 6) is -3.44. The van der Waals surface area contributed by atoms with E-state index < -0.39 is 49.6 Å². The second-order valence-electron chi connectivity index (χ2n) is 9.84. The Morgan fingerprint density at radius 2 is 1.45 bits per heavy atom. The lowest BCUT2D eigenvalue weighted by Gasteiger charge is -2.30. The Bertz CT molecular complexity index is 1650. The Kier molecular flexibility index (Phi) is 6.00. The number of nitrogens with two attached hydrogens (primary N) is 1. The maximum atomic E-state index is 13.3. The van der Waals surface area contributed by atoms with Gasteiger partial charge in [0.1, 0.15) is 16.4 Å². The highest BCUT2D eigenvalue weighted by molar-refractivity contribution is 7.86. The van der Waals surface area contributed by atoms with Crippen molar-refractivity contribution < 1.29 is 32.4 Å². The first-order chi connectivity index (χ1) is 17.9. The molecule has 0 fully saturated rings. The third-order valence-electron chi connectivity index (χ3n) is 7.20. The van der Waals surface area contributed by atoms with E-state index in [-0.39, 0.29) is 28.3 Å². The first-order valence-electron chi connectivity index (χ1n) is 11.9. The van der Waals surface area contributed by atoms with Crippen LogP contribution in [0.1, 0.15) is 45.7 Å². The number of benzene rings is 3. The lowest BCUT2D eigenvalue weighted by Crippen LogP contribution is -2.36. The number of allylic oxidation sites excluding steroid dienone is 4. The number of carbonyl (C=O) groups excluding carboxylic acids is 2. The van der Waals surface area contributed by atoms with E-state index in [0.29, 0.717) is 5.56 Å². The summed E-state index contributed by atoms with van der Waals surface area (Å²) < 4.78 is 40.6. The SMILES string of the molecule is CC(C)(c1ccccc1)c1ccc(Oc2cc(O)c3c(c2N)C(=O)[C@H]2C=CC=C[C@@H]2C3=O)c(S(=O)(=O)O)c1. The molecule has 38 heavy (non-hydrogen) atoms. The number of carbonyl (C=O) groups is 2. The Morgan fingerprint density at radius 3 is 2.05 bits per heavy atom. The van der Waals surface area contributed by atoms with Gasteiger partial charge >= 0.3 is 0 Å². The van der Waals surface area contributed by atoms with Crippen molar-refractivity contribution in [3.8, 4) is 17.2 Å². The summed E-state index contributed by atoms with van der Waals surface area (Å²) in [5, 5.41) is 10.7. The van der Waals surface area contributed by atoms with Gasteiger partial charge in [-0.05, 0) is 23.3 Å². The van der Waals surface area contributed by atoms with Gasteiger partial charge in [0.15, 0.2) is 17.3 Å². The molecule has 3 aromatic carbocycles. The van der Waals surface area contributed by atoms with Gasteiger partial charge in [-0.25, -0.2) is 0 Å². The van der Waals surface area contributed by atoms with Gasteiger partial charge in [0, 0.05) is 11.5 Å². The monoisotopic (exact) mass is 531 g/mol. The second kappa shape index (κ2) is 8.97. The smallest absolute Gasteiger partial charge is 0.298 e. The number of ketones is 2. The Hall–Kier alpha value is -4.21. The highest BCUT2D eigenvalue weighted by atomic mass is 32.2. The van der Waals surface area contributed by atoms with E-state index in [1.807, 2.05) is 44.2 Å². The van der Waals surface area contributed by atoms with Gasteiger partial charge in [-0.3, -0.25) is 14.1 Å². The predicted molar refractivity (Wildman–Crippen MR) is 141 cm³/mol. The fraction of sp³-hybridized carbons (Fsp3) is 0.172. The van der Waals surface area contributed by atoms with Crippen LogP contribution in [0.2, 0.25) is 0 Å². The van der Waals surface area contributed by atoms with Crippen LogP contribution in [0.5, 0.6) is 17.2 Å². The molecule has 9 heteroatoms. The number of Topliss-reactive ketones (excluding diaryl/α,β-unsaturated/α-hetero) is 2. The lowest BCUT2D eigenvalue weighted by molar-refractivity contribution is 0.0799. The number of phenols is 1. The van der Waals surface area contributed by atoms with Crippen molar-refractivity contribution in [2.75, 3.05) is 5.73 Å². The molecule has 0 heterocycles. The van der Waals surface area contributed by atoms with Crippen LogP contribution in [0.15, 0.2) is 83.8 Å². The Balaban J connectivity index is 1.60. The number of ether oxygens (including phenoxy) is 1. The van der Waals surface area contributed by atoms with Crippen molar-refractivity contribution in [1.29, 1.82) is 0 Å². The van der Waals surface area contributed by atoms with E-state index >= 15 is 0 Å². The fourth-order valence-corrected chi connectivity index (χ4v) is 5.65. The van der Waals surface area contributed by atoms with Crippen LogP contribution in [0, 0.1) is 11.8 Å². The number of hydrogen-bond donors (Lipinski definition) is 3. The van der Waals surface area contributed by atoms with Crippen molar-refractivity contribution in [3.05, 3.63) is 101 Å². The minimum Gasteiger partial charge on any atom is -0.507 e. The molecule has 0 unspecified atom stereocenters. The average Bonchev–Trinajstić information content (AvgIpc) is 2.89. The molecule has 194 valence electrons. The highest BCUT2D eigenvalue weighted by Crippen LogP contribution is 2.46. The van der Waals surface area contributed by atoms with Crippen LogP contribution in [-0.2, 0) is 15.5 Å². The molecule has 2 atom stereocenters. The summed E-state index contributed by atoms with van der Waals surface area (Å²) in [6, 6.07) is 14.8. The summed E-state index contributed by atoms with van der Waals surface area (Å²) in [6.07, 6.45) is 6.52. The van der Waals surface area contributed by atoms with Crippen LogP contribution in [0.3, 0.4) is 0 Å². The van der Waals surface area contributed by atoms with Gasteiger partial charge in [0.2, 0.25) is 0 Å². The van der Waals surface area contributed by atoms with Crippen LogP contribution >= 0.6 is 0 Å². The molecule has 0 spiro atoms. The van der Waals surface area contributed by atoms with Crippen LogP contribution < -0.4 is 10.5 Å². The topological polar surface area (TPSA) is 144 Å². The van der Waals surface area contributed by atoms with E-state index in [1.54, 1.807) is 30.4 Å². The number of aromatic hydroxyl groups is 1. The second-order valence-corrected chi connectivity index (χ2v) is 11.2. The molecule has 0 radical (unpaired) electrons. The number of rotatable bonds is 5. The molecule has 0 aromatic heterocycles. The summed E-state index contributed by atoms with van der Waals surface area (Å²) in [4.78, 5) is 25.8. The van der Waals surface area contributed by atoms with E-state index in [2.05, 4.69) is 0 Å². The number of hydrogen-bond acceptors (Lipinski definition) is 7. The van der Waals surface area contributed by atoms with Gasteiger partial charge in [0.25, 0.3) is 10.1 Å². The summed E-state index contributed by atoms with van der Waals surface area (Å²) in [5.41, 5.74) is 6.57. The van der Waals surface area contributed by atoms with Crippen LogP contribution in [0.4, 0.5) is 5.69 Å². The molecule has 2 aliphatic rings. The average molecular weight is 532 g/mol. The third kappa shape index (κ3) is 4.09. The summed E-state index contributed by atoms with van der Waals surface area (Å²) in [6.45, 7) is 3.83. The Labute approximate surface area is 219 Å². The van der Waals surface area contributed by atoms with Crippen molar-refractivity contribution in [2.24, 2.45) is 11.8 Å². The van der Waals surface area contributed by atoms with E-state index in [9.17, 15) is 27.7 Å². The minimum atomic E-state index is -4.76. The quantitative estimate of drug-likeness (QED) is 0.235. The zero-order valence-corrected chi connectivity index (χ0v) is 21.4. The van der Waals surface area contributed by atoms with Crippen LogP contribution in [0.25, 0.3) is 0 Å². The van der Waals surface area contributed by atoms with Crippen molar-refractivity contribution in [1.82, 2.24) is 0 Å². The molecule has 2 aliphatic carbocycles. The molecular weight excluding hydrogens is 506 g/mol. The van der Waals surface area contributed by atoms with Crippen molar-refractivity contribution >= 4 is 27.4 Å². The van der Waals surface area contributed by atoms with Crippen LogP contribution in [-0.4, -0.2) is 29.6 Å². The zero-order chi connectivity index (χ0) is 27.4. The normalized spacial score (nSPS) is 18.7. The third-order valence-corrected chi connectivity index (χ3v) is 8.08. The molecule has 3 aromatic rings. The first kappa shape index (κ1) is 25.4.